The lowest BCUT2D eigenvalue weighted by atomic mass is 9.77. The largest absolute Gasteiger partial charge is 0.493 e. The van der Waals surface area contributed by atoms with Crippen LogP contribution in [0, 0.1) is 13.8 Å². The minimum absolute atomic E-state index is 0.0125. The Morgan fingerprint density at radius 3 is 2.46 bits per heavy atom. The second kappa shape index (κ2) is 8.09. The fourth-order valence-corrected chi connectivity index (χ4v) is 4.08. The number of aromatic amines is 1. The number of benzene rings is 1. The monoisotopic (exact) mass is 384 g/mol. The SMILES string of the molecule is COc1ccc(C2(C(=O)NCc3[nH]cc(C)c(=O)c3C)CCCC2)cc1OC. The van der Waals surface area contributed by atoms with Gasteiger partial charge in [0.1, 0.15) is 0 Å². The third-order valence-corrected chi connectivity index (χ3v) is 5.87. The summed E-state index contributed by atoms with van der Waals surface area (Å²) in [5.74, 6) is 1.25. The summed E-state index contributed by atoms with van der Waals surface area (Å²) >= 11 is 0. The molecule has 3 rings (SSSR count). The van der Waals surface area contributed by atoms with Crippen LogP contribution in [0.25, 0.3) is 0 Å². The summed E-state index contributed by atoms with van der Waals surface area (Å²) in [6, 6.07) is 5.71. The Kier molecular flexibility index (Phi) is 5.77. The van der Waals surface area contributed by atoms with Gasteiger partial charge in [-0.05, 0) is 44.4 Å². The molecule has 1 saturated carbocycles. The van der Waals surface area contributed by atoms with Crippen molar-refractivity contribution in [3.8, 4) is 11.5 Å². The number of nitrogens with one attached hydrogen (secondary N) is 2. The van der Waals surface area contributed by atoms with Crippen LogP contribution in [0.1, 0.15) is 48.1 Å². The third kappa shape index (κ3) is 3.51. The Morgan fingerprint density at radius 1 is 1.14 bits per heavy atom. The molecule has 6 heteroatoms. The van der Waals surface area contributed by atoms with Crippen LogP contribution in [0.2, 0.25) is 0 Å². The van der Waals surface area contributed by atoms with Crippen LogP contribution in [-0.2, 0) is 16.8 Å². The number of carbonyl (C=O) groups excluding carboxylic acids is 1. The first-order chi connectivity index (χ1) is 13.4. The van der Waals surface area contributed by atoms with Gasteiger partial charge in [0, 0.05) is 23.0 Å². The van der Waals surface area contributed by atoms with Crippen LogP contribution in [0.15, 0.2) is 29.2 Å². The molecule has 0 atom stereocenters. The van der Waals surface area contributed by atoms with Crippen molar-refractivity contribution in [2.45, 2.75) is 51.5 Å². The van der Waals surface area contributed by atoms with Gasteiger partial charge in [-0.3, -0.25) is 9.59 Å². The lowest BCUT2D eigenvalue weighted by Gasteiger charge is -2.29. The highest BCUT2D eigenvalue weighted by Crippen LogP contribution is 2.44. The van der Waals surface area contributed by atoms with Crippen molar-refractivity contribution >= 4 is 5.91 Å². The molecule has 0 saturated heterocycles. The van der Waals surface area contributed by atoms with E-state index in [1.165, 1.54) is 0 Å². The topological polar surface area (TPSA) is 80.4 Å². The highest BCUT2D eigenvalue weighted by molar-refractivity contribution is 5.88. The summed E-state index contributed by atoms with van der Waals surface area (Å²) in [7, 11) is 3.19. The number of ether oxygens (including phenoxy) is 2. The zero-order valence-electron chi connectivity index (χ0n) is 17.0. The van der Waals surface area contributed by atoms with E-state index in [2.05, 4.69) is 10.3 Å². The molecule has 0 unspecified atom stereocenters. The van der Waals surface area contributed by atoms with Crippen molar-refractivity contribution in [3.63, 3.8) is 0 Å². The lowest BCUT2D eigenvalue weighted by molar-refractivity contribution is -0.126. The molecule has 28 heavy (non-hydrogen) atoms. The lowest BCUT2D eigenvalue weighted by Crippen LogP contribution is -2.42. The van der Waals surface area contributed by atoms with E-state index in [1.807, 2.05) is 18.2 Å². The summed E-state index contributed by atoms with van der Waals surface area (Å²) in [4.78, 5) is 28.6. The van der Waals surface area contributed by atoms with E-state index in [4.69, 9.17) is 9.47 Å². The van der Waals surface area contributed by atoms with E-state index in [-0.39, 0.29) is 11.3 Å². The molecule has 1 aliphatic rings. The van der Waals surface area contributed by atoms with Crippen LogP contribution in [0.4, 0.5) is 0 Å². The normalized spacial score (nSPS) is 15.3. The summed E-state index contributed by atoms with van der Waals surface area (Å²) in [6.45, 7) is 3.86. The van der Waals surface area contributed by atoms with E-state index in [1.54, 1.807) is 34.3 Å². The van der Waals surface area contributed by atoms with Crippen LogP contribution in [-0.4, -0.2) is 25.1 Å². The van der Waals surface area contributed by atoms with Gasteiger partial charge in [-0.25, -0.2) is 0 Å². The molecule has 2 N–H and O–H groups in total. The highest BCUT2D eigenvalue weighted by atomic mass is 16.5. The van der Waals surface area contributed by atoms with Gasteiger partial charge < -0.3 is 19.8 Å². The maximum Gasteiger partial charge on any atom is 0.230 e. The van der Waals surface area contributed by atoms with Crippen LogP contribution in [0.3, 0.4) is 0 Å². The molecular formula is C22H28N2O4. The summed E-state index contributed by atoms with van der Waals surface area (Å²) in [5.41, 5.74) is 2.42. The molecule has 1 heterocycles. The highest BCUT2D eigenvalue weighted by Gasteiger charge is 2.43. The Morgan fingerprint density at radius 2 is 1.82 bits per heavy atom. The van der Waals surface area contributed by atoms with Crippen LogP contribution < -0.4 is 20.2 Å². The number of rotatable bonds is 6. The molecule has 0 radical (unpaired) electrons. The molecule has 1 fully saturated rings. The van der Waals surface area contributed by atoms with Gasteiger partial charge in [-0.15, -0.1) is 0 Å². The summed E-state index contributed by atoms with van der Waals surface area (Å²) in [6.07, 6.45) is 5.27. The van der Waals surface area contributed by atoms with Crippen LogP contribution >= 0.6 is 0 Å². The quantitative estimate of drug-likeness (QED) is 0.802. The first kappa shape index (κ1) is 20.0. The Hall–Kier alpha value is -2.76. The summed E-state index contributed by atoms with van der Waals surface area (Å²) < 4.78 is 10.8. The predicted molar refractivity (Wildman–Crippen MR) is 108 cm³/mol. The molecule has 1 aromatic carbocycles. The van der Waals surface area contributed by atoms with Gasteiger partial charge in [0.2, 0.25) is 5.91 Å². The Bertz CT molecular complexity index is 927. The van der Waals surface area contributed by atoms with Crippen LogP contribution in [0.5, 0.6) is 11.5 Å². The van der Waals surface area contributed by atoms with E-state index in [0.717, 1.165) is 36.9 Å². The second-order valence-electron chi connectivity index (χ2n) is 7.45. The fraction of sp³-hybridized carbons (Fsp3) is 0.455. The smallest absolute Gasteiger partial charge is 0.230 e. The van der Waals surface area contributed by atoms with Crippen molar-refractivity contribution < 1.29 is 14.3 Å². The van der Waals surface area contributed by atoms with Gasteiger partial charge >= 0.3 is 0 Å². The van der Waals surface area contributed by atoms with E-state index in [0.29, 0.717) is 29.2 Å². The van der Waals surface area contributed by atoms with Crippen molar-refractivity contribution in [2.24, 2.45) is 0 Å². The number of aryl methyl sites for hydroxylation is 1. The van der Waals surface area contributed by atoms with Gasteiger partial charge in [0.15, 0.2) is 16.9 Å². The molecule has 0 aliphatic heterocycles. The maximum absolute atomic E-state index is 13.3. The Labute approximate surface area is 165 Å². The van der Waals surface area contributed by atoms with Gasteiger partial charge in [-0.1, -0.05) is 18.9 Å². The molecular weight excluding hydrogens is 356 g/mol. The standard InChI is InChI=1S/C22H28N2O4/c1-14-12-23-17(15(2)20(14)25)13-24-21(26)22(9-5-6-10-22)16-7-8-18(27-3)19(11-16)28-4/h7-8,11-12H,5-6,9-10,13H2,1-4H3,(H,23,25)(H,24,26). The van der Waals surface area contributed by atoms with Crippen molar-refractivity contribution in [1.82, 2.24) is 10.3 Å². The molecule has 1 aromatic heterocycles. The number of methoxy groups -OCH3 is 2. The number of carbonyl (C=O) groups is 1. The Balaban J connectivity index is 1.87. The number of aromatic nitrogens is 1. The number of hydrogen-bond donors (Lipinski definition) is 2. The van der Waals surface area contributed by atoms with Crippen molar-refractivity contribution in [1.29, 1.82) is 0 Å². The van der Waals surface area contributed by atoms with E-state index >= 15 is 0 Å². The number of hydrogen-bond acceptors (Lipinski definition) is 4. The maximum atomic E-state index is 13.3. The predicted octanol–water partition coefficient (Wildman–Crippen LogP) is 3.14. The zero-order chi connectivity index (χ0) is 20.3. The molecule has 1 amide bonds. The molecule has 150 valence electrons. The van der Waals surface area contributed by atoms with E-state index in [9.17, 15) is 9.59 Å². The van der Waals surface area contributed by atoms with Crippen molar-refractivity contribution in [3.05, 3.63) is 57.0 Å². The van der Waals surface area contributed by atoms with Crippen molar-refractivity contribution in [2.75, 3.05) is 14.2 Å². The van der Waals surface area contributed by atoms with Gasteiger partial charge in [0.05, 0.1) is 26.2 Å². The molecule has 2 aromatic rings. The first-order valence-electron chi connectivity index (χ1n) is 9.61. The molecule has 1 aliphatic carbocycles. The minimum Gasteiger partial charge on any atom is -0.493 e. The zero-order valence-corrected chi connectivity index (χ0v) is 17.0. The number of amides is 1. The fourth-order valence-electron chi connectivity index (χ4n) is 4.08. The van der Waals surface area contributed by atoms with E-state index < -0.39 is 5.41 Å². The number of pyridine rings is 1. The minimum atomic E-state index is -0.585. The average molecular weight is 384 g/mol. The third-order valence-electron chi connectivity index (χ3n) is 5.87. The molecule has 0 bridgehead atoms. The molecule has 6 nitrogen and oxygen atoms in total. The average Bonchev–Trinajstić information content (AvgIpc) is 3.22. The number of H-pyrrole nitrogens is 1. The molecule has 0 spiro atoms. The summed E-state index contributed by atoms with van der Waals surface area (Å²) in [5, 5.41) is 3.05. The van der Waals surface area contributed by atoms with Gasteiger partial charge in [0.25, 0.3) is 0 Å². The van der Waals surface area contributed by atoms with Gasteiger partial charge in [-0.2, -0.15) is 0 Å². The second-order valence-corrected chi connectivity index (χ2v) is 7.45. The first-order valence-corrected chi connectivity index (χ1v) is 9.61.